The molecular formula is C22H21FN4OS. The second kappa shape index (κ2) is 8.45. The van der Waals surface area contributed by atoms with E-state index in [1.165, 1.54) is 12.1 Å². The molecule has 2 aromatic heterocycles. The molecule has 0 saturated heterocycles. The maximum absolute atomic E-state index is 13.4. The first-order valence-electron chi connectivity index (χ1n) is 9.24. The van der Waals surface area contributed by atoms with E-state index in [1.54, 1.807) is 24.5 Å². The normalized spacial score (nSPS) is 10.9. The van der Waals surface area contributed by atoms with Crippen LogP contribution in [-0.2, 0) is 13.1 Å². The molecule has 148 valence electrons. The molecule has 0 fully saturated rings. The summed E-state index contributed by atoms with van der Waals surface area (Å²) in [6.07, 6.45) is 1.90. The van der Waals surface area contributed by atoms with Crippen molar-refractivity contribution >= 4 is 16.5 Å². The van der Waals surface area contributed by atoms with Crippen LogP contribution >= 0.6 is 11.3 Å². The first-order chi connectivity index (χ1) is 14.1. The van der Waals surface area contributed by atoms with Gasteiger partial charge in [0.15, 0.2) is 5.13 Å². The maximum atomic E-state index is 13.4. The minimum absolute atomic E-state index is 0.237. The van der Waals surface area contributed by atoms with Gasteiger partial charge in [-0.15, -0.1) is 0 Å². The van der Waals surface area contributed by atoms with Crippen LogP contribution in [0.1, 0.15) is 16.8 Å². The highest BCUT2D eigenvalue weighted by molar-refractivity contribution is 7.19. The van der Waals surface area contributed by atoms with E-state index < -0.39 is 0 Å². The van der Waals surface area contributed by atoms with E-state index in [9.17, 15) is 4.39 Å². The van der Waals surface area contributed by atoms with Gasteiger partial charge in [-0.1, -0.05) is 41.7 Å². The topological polar surface area (TPSA) is 52.0 Å². The highest BCUT2D eigenvalue weighted by atomic mass is 32.1. The van der Waals surface area contributed by atoms with Crippen molar-refractivity contribution < 1.29 is 9.13 Å². The quantitative estimate of drug-likeness (QED) is 0.461. The van der Waals surface area contributed by atoms with Crippen molar-refractivity contribution in [2.45, 2.75) is 20.0 Å². The zero-order valence-corrected chi connectivity index (χ0v) is 17.0. The minimum Gasteiger partial charge on any atom is -0.496 e. The number of methoxy groups -OCH3 is 1. The van der Waals surface area contributed by atoms with Gasteiger partial charge in [0, 0.05) is 18.3 Å². The third kappa shape index (κ3) is 4.46. The third-order valence-corrected chi connectivity index (χ3v) is 5.66. The Morgan fingerprint density at radius 1 is 1.14 bits per heavy atom. The molecular weight excluding hydrogens is 387 g/mol. The lowest BCUT2D eigenvalue weighted by atomic mass is 10.2. The number of thiazole rings is 1. The van der Waals surface area contributed by atoms with Gasteiger partial charge in [0.2, 0.25) is 0 Å². The predicted molar refractivity (Wildman–Crippen MR) is 114 cm³/mol. The summed E-state index contributed by atoms with van der Waals surface area (Å²) in [7, 11) is 1.67. The second-order valence-corrected chi connectivity index (χ2v) is 7.63. The van der Waals surface area contributed by atoms with E-state index in [4.69, 9.17) is 4.74 Å². The zero-order chi connectivity index (χ0) is 20.2. The number of hydrogen-bond donors (Lipinski definition) is 1. The van der Waals surface area contributed by atoms with Crippen LogP contribution in [0.2, 0.25) is 0 Å². The second-order valence-electron chi connectivity index (χ2n) is 6.63. The number of halogens is 1. The summed E-state index contributed by atoms with van der Waals surface area (Å²) in [6, 6.07) is 16.4. The molecule has 5 nitrogen and oxygen atoms in total. The molecule has 2 heterocycles. The number of aromatic nitrogens is 3. The SMILES string of the molecule is COc1ccccc1CNc1nc(C)c(-c2ccn(Cc3cccc(F)c3)n2)s1. The van der Waals surface area contributed by atoms with Crippen molar-refractivity contribution in [3.63, 3.8) is 0 Å². The van der Waals surface area contributed by atoms with Gasteiger partial charge in [0.1, 0.15) is 17.3 Å². The molecule has 4 rings (SSSR count). The number of anilines is 1. The lowest BCUT2D eigenvalue weighted by Gasteiger charge is -2.08. The lowest BCUT2D eigenvalue weighted by molar-refractivity contribution is 0.410. The minimum atomic E-state index is -0.237. The Bertz CT molecular complexity index is 1120. The molecule has 0 aliphatic carbocycles. The number of nitrogens with zero attached hydrogens (tertiary/aromatic N) is 3. The standard InChI is InChI=1S/C22H21FN4OS/c1-15-21(19-10-11-27(26-19)14-16-6-5-8-18(23)12-16)29-22(25-15)24-13-17-7-3-4-9-20(17)28-2/h3-12H,13-14H2,1-2H3,(H,24,25). The average molecular weight is 409 g/mol. The molecule has 0 amide bonds. The Labute approximate surface area is 172 Å². The van der Waals surface area contributed by atoms with Crippen LogP contribution in [-0.4, -0.2) is 21.9 Å². The maximum Gasteiger partial charge on any atom is 0.183 e. The third-order valence-electron chi connectivity index (χ3n) is 4.53. The van der Waals surface area contributed by atoms with E-state index in [1.807, 2.05) is 54.2 Å². The molecule has 0 bridgehead atoms. The highest BCUT2D eigenvalue weighted by Crippen LogP contribution is 2.32. The first kappa shape index (κ1) is 19.1. The summed E-state index contributed by atoms with van der Waals surface area (Å²) in [6.45, 7) is 3.13. The highest BCUT2D eigenvalue weighted by Gasteiger charge is 2.13. The molecule has 0 aliphatic rings. The smallest absolute Gasteiger partial charge is 0.183 e. The Morgan fingerprint density at radius 2 is 2.00 bits per heavy atom. The number of aryl methyl sites for hydroxylation is 1. The predicted octanol–water partition coefficient (Wildman–Crippen LogP) is 5.12. The number of nitrogens with one attached hydrogen (secondary N) is 1. The van der Waals surface area contributed by atoms with Gasteiger partial charge in [-0.2, -0.15) is 5.10 Å². The van der Waals surface area contributed by atoms with Crippen molar-refractivity contribution in [1.29, 1.82) is 0 Å². The molecule has 0 atom stereocenters. The Morgan fingerprint density at radius 3 is 2.83 bits per heavy atom. The fourth-order valence-electron chi connectivity index (χ4n) is 3.12. The van der Waals surface area contributed by atoms with Crippen LogP contribution < -0.4 is 10.1 Å². The summed E-state index contributed by atoms with van der Waals surface area (Å²) >= 11 is 1.57. The number of rotatable bonds is 7. The molecule has 29 heavy (non-hydrogen) atoms. The largest absolute Gasteiger partial charge is 0.496 e. The van der Waals surface area contributed by atoms with Gasteiger partial charge >= 0.3 is 0 Å². The monoisotopic (exact) mass is 408 g/mol. The lowest BCUT2D eigenvalue weighted by Crippen LogP contribution is -2.01. The van der Waals surface area contributed by atoms with Crippen LogP contribution in [0.4, 0.5) is 9.52 Å². The number of hydrogen-bond acceptors (Lipinski definition) is 5. The summed E-state index contributed by atoms with van der Waals surface area (Å²) in [5.41, 5.74) is 3.74. The Hall–Kier alpha value is -3.19. The fraction of sp³-hybridized carbons (Fsp3) is 0.182. The fourth-order valence-corrected chi connectivity index (χ4v) is 4.05. The number of ether oxygens (including phenoxy) is 1. The van der Waals surface area contributed by atoms with Crippen molar-refractivity contribution in [2.75, 3.05) is 12.4 Å². The molecule has 4 aromatic rings. The summed E-state index contributed by atoms with van der Waals surface area (Å²) in [4.78, 5) is 5.65. The molecule has 2 aromatic carbocycles. The van der Waals surface area contributed by atoms with Crippen LogP contribution in [0.3, 0.4) is 0 Å². The van der Waals surface area contributed by atoms with E-state index in [0.29, 0.717) is 13.1 Å². The Kier molecular flexibility index (Phi) is 5.57. The first-order valence-corrected chi connectivity index (χ1v) is 10.1. The number of benzene rings is 2. The Balaban J connectivity index is 1.47. The summed E-state index contributed by atoms with van der Waals surface area (Å²) in [5.74, 6) is 0.614. The van der Waals surface area contributed by atoms with Crippen LogP contribution in [0, 0.1) is 12.7 Å². The van der Waals surface area contributed by atoms with Crippen molar-refractivity contribution in [3.8, 4) is 16.3 Å². The van der Waals surface area contributed by atoms with Gasteiger partial charge in [0.05, 0.1) is 24.2 Å². The van der Waals surface area contributed by atoms with Crippen LogP contribution in [0.15, 0.2) is 60.8 Å². The number of para-hydroxylation sites is 1. The molecule has 0 unspecified atom stereocenters. The van der Waals surface area contributed by atoms with Gasteiger partial charge in [-0.05, 0) is 36.8 Å². The molecule has 7 heteroatoms. The van der Waals surface area contributed by atoms with E-state index >= 15 is 0 Å². The molecule has 0 aliphatic heterocycles. The van der Waals surface area contributed by atoms with Gasteiger partial charge < -0.3 is 10.1 Å². The van der Waals surface area contributed by atoms with Gasteiger partial charge in [0.25, 0.3) is 0 Å². The van der Waals surface area contributed by atoms with E-state index in [-0.39, 0.29) is 5.82 Å². The van der Waals surface area contributed by atoms with Crippen molar-refractivity contribution in [1.82, 2.24) is 14.8 Å². The van der Waals surface area contributed by atoms with Crippen molar-refractivity contribution in [2.24, 2.45) is 0 Å². The van der Waals surface area contributed by atoms with E-state index in [0.717, 1.165) is 38.3 Å². The molecule has 0 radical (unpaired) electrons. The summed E-state index contributed by atoms with van der Waals surface area (Å²) in [5, 5.41) is 8.85. The van der Waals surface area contributed by atoms with Gasteiger partial charge in [-0.3, -0.25) is 4.68 Å². The summed E-state index contributed by atoms with van der Waals surface area (Å²) < 4.78 is 20.6. The van der Waals surface area contributed by atoms with Crippen molar-refractivity contribution in [3.05, 3.63) is 83.4 Å². The van der Waals surface area contributed by atoms with Crippen LogP contribution in [0.25, 0.3) is 10.6 Å². The molecule has 1 N–H and O–H groups in total. The van der Waals surface area contributed by atoms with Crippen LogP contribution in [0.5, 0.6) is 5.75 Å². The zero-order valence-electron chi connectivity index (χ0n) is 16.2. The molecule has 0 saturated carbocycles. The van der Waals surface area contributed by atoms with E-state index in [2.05, 4.69) is 15.4 Å². The van der Waals surface area contributed by atoms with Gasteiger partial charge in [-0.25, -0.2) is 9.37 Å². The molecule has 0 spiro atoms. The average Bonchev–Trinajstić information content (AvgIpc) is 3.32.